The molecule has 0 bridgehead atoms. The Morgan fingerprint density at radius 1 is 0.978 bits per heavy atom. The Hall–Kier alpha value is -5.11. The Kier molecular flexibility index (Phi) is 7.07. The maximum Gasteiger partial charge on any atom is 0.307 e. The number of benzene rings is 3. The lowest BCUT2D eigenvalue weighted by Gasteiger charge is -2.17. The van der Waals surface area contributed by atoms with E-state index in [2.05, 4.69) is 4.98 Å². The highest BCUT2D eigenvalue weighted by Crippen LogP contribution is 2.62. The van der Waals surface area contributed by atoms with Crippen molar-refractivity contribution in [3.05, 3.63) is 114 Å². The number of carboxylic acid groups (broad SMARTS) is 1. The number of halogens is 1. The molecule has 1 unspecified atom stereocenters. The first-order valence-electron chi connectivity index (χ1n) is 14.9. The minimum absolute atomic E-state index is 0.244. The van der Waals surface area contributed by atoms with Crippen molar-refractivity contribution in [3.8, 4) is 22.8 Å². The molecule has 226 valence electrons. The molecule has 1 aliphatic carbocycles. The van der Waals surface area contributed by atoms with Crippen LogP contribution in [0, 0.1) is 23.1 Å². The molecule has 0 amide bonds. The Labute approximate surface area is 260 Å². The van der Waals surface area contributed by atoms with Gasteiger partial charge < -0.3 is 14.6 Å². The maximum absolute atomic E-state index is 15.6. The lowest BCUT2D eigenvalue weighted by Crippen LogP contribution is -2.17. The fourth-order valence-electron chi connectivity index (χ4n) is 6.66. The van der Waals surface area contributed by atoms with Crippen LogP contribution < -0.4 is 9.47 Å². The first kappa shape index (κ1) is 28.6. The summed E-state index contributed by atoms with van der Waals surface area (Å²) in [7, 11) is 1.55. The average molecular weight is 602 g/mol. The van der Waals surface area contributed by atoms with Crippen LogP contribution in [-0.2, 0) is 17.8 Å². The second-order valence-electron chi connectivity index (χ2n) is 12.3. The monoisotopic (exact) mass is 601 g/mol. The minimum Gasteiger partial charge on any atom is -0.487 e. The zero-order valence-electron chi connectivity index (χ0n) is 25.2. The SMILES string of the molecule is COc1ccc(-c2ccc(CC3C([C@@H]4[C@H](C(=O)O)C4(C)C)=Nc4cc(OCc5ccc6ccccc6n5)ccc43)c(F)c2)cn1. The van der Waals surface area contributed by atoms with E-state index in [1.807, 2.05) is 80.6 Å². The number of aliphatic carboxylic acids is 1. The van der Waals surface area contributed by atoms with Crippen LogP contribution >= 0.6 is 0 Å². The third-order valence-corrected chi connectivity index (χ3v) is 9.19. The predicted molar refractivity (Wildman–Crippen MR) is 171 cm³/mol. The van der Waals surface area contributed by atoms with E-state index in [0.717, 1.165) is 39.1 Å². The highest BCUT2D eigenvalue weighted by Gasteiger charge is 2.65. The Morgan fingerprint density at radius 2 is 1.80 bits per heavy atom. The van der Waals surface area contributed by atoms with Crippen LogP contribution in [0.3, 0.4) is 0 Å². The third kappa shape index (κ3) is 5.30. The van der Waals surface area contributed by atoms with E-state index in [1.54, 1.807) is 25.4 Å². The van der Waals surface area contributed by atoms with Crippen molar-refractivity contribution in [3.63, 3.8) is 0 Å². The van der Waals surface area contributed by atoms with Crippen LogP contribution in [-0.4, -0.2) is 33.9 Å². The first-order valence-corrected chi connectivity index (χ1v) is 14.9. The summed E-state index contributed by atoms with van der Waals surface area (Å²) < 4.78 is 26.9. The molecular formula is C37H32FN3O4. The second kappa shape index (κ2) is 11.1. The largest absolute Gasteiger partial charge is 0.487 e. The smallest absolute Gasteiger partial charge is 0.307 e. The number of carboxylic acids is 1. The minimum atomic E-state index is -0.835. The van der Waals surface area contributed by atoms with Crippen LogP contribution in [0.4, 0.5) is 10.1 Å². The summed E-state index contributed by atoms with van der Waals surface area (Å²) in [4.78, 5) is 26.1. The van der Waals surface area contributed by atoms with E-state index in [9.17, 15) is 9.90 Å². The van der Waals surface area contributed by atoms with E-state index in [-0.39, 0.29) is 17.7 Å². The van der Waals surface area contributed by atoms with Crippen molar-refractivity contribution in [2.24, 2.45) is 22.2 Å². The number of hydrogen-bond donors (Lipinski definition) is 1. The van der Waals surface area contributed by atoms with E-state index < -0.39 is 17.3 Å². The fraction of sp³-hybridized carbons (Fsp3) is 0.243. The molecule has 0 saturated heterocycles. The molecule has 7 nitrogen and oxygen atoms in total. The van der Waals surface area contributed by atoms with Gasteiger partial charge in [0.25, 0.3) is 0 Å². The van der Waals surface area contributed by atoms with Crippen molar-refractivity contribution < 1.29 is 23.8 Å². The molecule has 3 atom stereocenters. The van der Waals surface area contributed by atoms with Crippen LogP contribution in [0.2, 0.25) is 0 Å². The molecule has 3 heterocycles. The predicted octanol–water partition coefficient (Wildman–Crippen LogP) is 7.79. The standard InChI is InChI=1S/C37H32FN3O4/c1-37(2)33(34(37)36(42)43)35-28(16-23-9-8-22(17-29(23)38)24-11-15-32(44-3)39-19-24)27-14-13-26(18-31(27)41-35)45-20-25-12-10-21-6-4-5-7-30(21)40-25/h4-15,17-19,28,33-34H,16,20H2,1-3H3,(H,42,43)/t28?,33-,34+/m0/s1. The van der Waals surface area contributed by atoms with Gasteiger partial charge in [-0.15, -0.1) is 0 Å². The molecule has 1 fully saturated rings. The molecule has 1 saturated carbocycles. The normalized spacial score (nSPS) is 19.6. The van der Waals surface area contributed by atoms with E-state index in [0.29, 0.717) is 35.8 Å². The molecule has 8 heteroatoms. The van der Waals surface area contributed by atoms with Gasteiger partial charge in [0.05, 0.1) is 29.9 Å². The Morgan fingerprint density at radius 3 is 2.53 bits per heavy atom. The highest BCUT2D eigenvalue weighted by molar-refractivity contribution is 6.05. The number of nitrogens with zero attached hydrogens (tertiary/aromatic N) is 3. The zero-order valence-corrected chi connectivity index (χ0v) is 25.2. The van der Waals surface area contributed by atoms with Gasteiger partial charge in [0.1, 0.15) is 18.2 Å². The van der Waals surface area contributed by atoms with Gasteiger partial charge in [-0.3, -0.25) is 9.79 Å². The van der Waals surface area contributed by atoms with Crippen LogP contribution in [0.1, 0.15) is 36.6 Å². The summed E-state index contributed by atoms with van der Waals surface area (Å²) in [6.45, 7) is 4.21. The quantitative estimate of drug-likeness (QED) is 0.185. The van der Waals surface area contributed by atoms with Gasteiger partial charge in [-0.05, 0) is 58.9 Å². The maximum atomic E-state index is 15.6. The van der Waals surface area contributed by atoms with Crippen molar-refractivity contribution >= 4 is 28.3 Å². The molecule has 2 aromatic heterocycles. The summed E-state index contributed by atoms with van der Waals surface area (Å²) in [5.74, 6) is -1.08. The van der Waals surface area contributed by atoms with Crippen molar-refractivity contribution in [1.82, 2.24) is 9.97 Å². The molecule has 45 heavy (non-hydrogen) atoms. The molecule has 0 spiro atoms. The zero-order chi connectivity index (χ0) is 31.3. The summed E-state index contributed by atoms with van der Waals surface area (Å²) in [6.07, 6.45) is 2.02. The average Bonchev–Trinajstić information content (AvgIpc) is 3.47. The number of carbonyl (C=O) groups is 1. The number of rotatable bonds is 9. The van der Waals surface area contributed by atoms with Gasteiger partial charge in [-0.25, -0.2) is 14.4 Å². The van der Waals surface area contributed by atoms with Gasteiger partial charge in [-0.2, -0.15) is 0 Å². The summed E-state index contributed by atoms with van der Waals surface area (Å²) in [6, 6.07) is 26.5. The Bertz CT molecular complexity index is 1970. The highest BCUT2D eigenvalue weighted by atomic mass is 19.1. The summed E-state index contributed by atoms with van der Waals surface area (Å²) in [5, 5.41) is 11.0. The third-order valence-electron chi connectivity index (χ3n) is 9.19. The lowest BCUT2D eigenvalue weighted by atomic mass is 9.85. The number of methoxy groups -OCH3 is 1. The number of para-hydroxylation sites is 1. The van der Waals surface area contributed by atoms with Crippen molar-refractivity contribution in [2.45, 2.75) is 32.8 Å². The van der Waals surface area contributed by atoms with E-state index in [1.165, 1.54) is 6.07 Å². The van der Waals surface area contributed by atoms with Crippen molar-refractivity contribution in [2.75, 3.05) is 7.11 Å². The van der Waals surface area contributed by atoms with E-state index >= 15 is 4.39 Å². The molecule has 0 radical (unpaired) electrons. The van der Waals surface area contributed by atoms with E-state index in [4.69, 9.17) is 19.5 Å². The molecule has 7 rings (SSSR count). The van der Waals surface area contributed by atoms with Crippen LogP contribution in [0.5, 0.6) is 11.6 Å². The van der Waals surface area contributed by atoms with Gasteiger partial charge in [0.15, 0.2) is 0 Å². The summed E-state index contributed by atoms with van der Waals surface area (Å²) >= 11 is 0. The fourth-order valence-corrected chi connectivity index (χ4v) is 6.66. The number of fused-ring (bicyclic) bond motifs is 2. The number of aromatic nitrogens is 2. The number of aliphatic imine (C=N–C) groups is 1. The van der Waals surface area contributed by atoms with Gasteiger partial charge >= 0.3 is 5.97 Å². The lowest BCUT2D eigenvalue weighted by molar-refractivity contribution is -0.139. The molecule has 1 N–H and O–H groups in total. The number of hydrogen-bond acceptors (Lipinski definition) is 6. The van der Waals surface area contributed by atoms with Gasteiger partial charge in [-0.1, -0.05) is 56.3 Å². The number of ether oxygens (including phenoxy) is 2. The van der Waals surface area contributed by atoms with Gasteiger partial charge in [0.2, 0.25) is 5.88 Å². The Balaban J connectivity index is 1.16. The number of pyridine rings is 2. The first-order chi connectivity index (χ1) is 21.7. The van der Waals surface area contributed by atoms with Crippen LogP contribution in [0.25, 0.3) is 22.0 Å². The molecule has 1 aliphatic heterocycles. The van der Waals surface area contributed by atoms with Crippen LogP contribution in [0.15, 0.2) is 96.1 Å². The molecule has 2 aliphatic rings. The molecule has 3 aromatic carbocycles. The summed E-state index contributed by atoms with van der Waals surface area (Å²) in [5.41, 5.74) is 5.76. The van der Waals surface area contributed by atoms with Gasteiger partial charge in [0, 0.05) is 46.8 Å². The van der Waals surface area contributed by atoms with Crippen molar-refractivity contribution in [1.29, 1.82) is 0 Å². The molecular weight excluding hydrogens is 569 g/mol. The molecule has 5 aromatic rings. The topological polar surface area (TPSA) is 93.9 Å². The second-order valence-corrected chi connectivity index (χ2v) is 12.3.